The number of nitrogens with zero attached hydrogens (tertiary/aromatic N) is 1. The molecule has 0 fully saturated rings. The SMILES string of the molecule is CCc1ccc(O[C@H](C)CCOc2ccc(CCC(=O)O)c(C)c2)c(/C(=N/O)c2ccccc2)c1. The van der Waals surface area contributed by atoms with Gasteiger partial charge in [0.2, 0.25) is 0 Å². The zero-order valence-electron chi connectivity index (χ0n) is 20.5. The largest absolute Gasteiger partial charge is 0.493 e. The minimum atomic E-state index is -0.799. The maximum absolute atomic E-state index is 10.8. The van der Waals surface area contributed by atoms with Gasteiger partial charge in [0, 0.05) is 24.0 Å². The zero-order chi connectivity index (χ0) is 25.2. The fourth-order valence-corrected chi connectivity index (χ4v) is 3.85. The number of aryl methyl sites for hydroxylation is 3. The van der Waals surface area contributed by atoms with E-state index in [9.17, 15) is 10.0 Å². The fourth-order valence-electron chi connectivity index (χ4n) is 3.85. The summed E-state index contributed by atoms with van der Waals surface area (Å²) in [5, 5.41) is 22.3. The van der Waals surface area contributed by atoms with Gasteiger partial charge < -0.3 is 19.8 Å². The summed E-state index contributed by atoms with van der Waals surface area (Å²) in [6.45, 7) is 6.50. The summed E-state index contributed by atoms with van der Waals surface area (Å²) in [4.78, 5) is 10.8. The number of ether oxygens (including phenoxy) is 2. The molecule has 0 radical (unpaired) electrons. The molecule has 3 rings (SSSR count). The second-order valence-electron chi connectivity index (χ2n) is 8.55. The lowest BCUT2D eigenvalue weighted by molar-refractivity contribution is -0.136. The maximum atomic E-state index is 10.8. The molecule has 0 aliphatic heterocycles. The normalized spacial score (nSPS) is 12.3. The predicted molar refractivity (Wildman–Crippen MR) is 137 cm³/mol. The second-order valence-corrected chi connectivity index (χ2v) is 8.55. The van der Waals surface area contributed by atoms with Gasteiger partial charge in [-0.15, -0.1) is 0 Å². The summed E-state index contributed by atoms with van der Waals surface area (Å²) in [5.74, 6) is 0.609. The number of carboxylic acid groups (broad SMARTS) is 1. The number of oxime groups is 1. The van der Waals surface area contributed by atoms with Crippen LogP contribution in [0.1, 0.15) is 54.5 Å². The maximum Gasteiger partial charge on any atom is 0.303 e. The van der Waals surface area contributed by atoms with Gasteiger partial charge in [-0.05, 0) is 67.6 Å². The van der Waals surface area contributed by atoms with Crippen molar-refractivity contribution in [2.75, 3.05) is 6.61 Å². The summed E-state index contributed by atoms with van der Waals surface area (Å²) in [5.41, 5.74) is 5.19. The molecule has 0 unspecified atom stereocenters. The summed E-state index contributed by atoms with van der Waals surface area (Å²) >= 11 is 0. The lowest BCUT2D eigenvalue weighted by atomic mass is 9.98. The van der Waals surface area contributed by atoms with Crippen LogP contribution in [0, 0.1) is 6.92 Å². The first-order chi connectivity index (χ1) is 16.9. The van der Waals surface area contributed by atoms with E-state index in [4.69, 9.17) is 14.6 Å². The van der Waals surface area contributed by atoms with Gasteiger partial charge in [-0.2, -0.15) is 0 Å². The van der Waals surface area contributed by atoms with Gasteiger partial charge in [-0.1, -0.05) is 54.5 Å². The van der Waals surface area contributed by atoms with E-state index in [1.54, 1.807) is 0 Å². The van der Waals surface area contributed by atoms with Crippen molar-refractivity contribution in [1.82, 2.24) is 0 Å². The number of hydrogen-bond donors (Lipinski definition) is 2. The van der Waals surface area contributed by atoms with E-state index in [0.29, 0.717) is 30.9 Å². The average molecular weight is 476 g/mol. The Balaban J connectivity index is 1.64. The highest BCUT2D eigenvalue weighted by Crippen LogP contribution is 2.26. The van der Waals surface area contributed by atoms with Crippen molar-refractivity contribution >= 4 is 11.7 Å². The number of carboxylic acids is 1. The van der Waals surface area contributed by atoms with Crippen molar-refractivity contribution < 1.29 is 24.6 Å². The highest BCUT2D eigenvalue weighted by atomic mass is 16.5. The summed E-state index contributed by atoms with van der Waals surface area (Å²) < 4.78 is 12.2. The standard InChI is InChI=1S/C29H33NO5/c1-4-22-10-14-27(26(19-22)29(30-33)24-8-6-5-7-9-24)35-21(3)16-17-34-25-13-11-23(20(2)18-25)12-15-28(31)32/h5-11,13-14,18-19,21,33H,4,12,15-17H2,1-3H3,(H,31,32)/b30-29+/t21-/m1/s1. The van der Waals surface area contributed by atoms with Crippen LogP contribution in [0.2, 0.25) is 0 Å². The quantitative estimate of drug-likeness (QED) is 0.189. The molecule has 6 heteroatoms. The molecular formula is C29H33NO5. The molecule has 0 bridgehead atoms. The van der Waals surface area contributed by atoms with Gasteiger partial charge in [0.25, 0.3) is 0 Å². The molecule has 0 saturated heterocycles. The molecule has 0 aliphatic rings. The topological polar surface area (TPSA) is 88.4 Å². The van der Waals surface area contributed by atoms with Gasteiger partial charge in [-0.3, -0.25) is 4.79 Å². The van der Waals surface area contributed by atoms with E-state index in [-0.39, 0.29) is 12.5 Å². The Morgan fingerprint density at radius 1 is 1.06 bits per heavy atom. The van der Waals surface area contributed by atoms with Gasteiger partial charge in [0.1, 0.15) is 17.2 Å². The Morgan fingerprint density at radius 3 is 2.49 bits per heavy atom. The molecular weight excluding hydrogens is 442 g/mol. The van der Waals surface area contributed by atoms with E-state index in [0.717, 1.165) is 40.0 Å². The molecule has 3 aromatic rings. The summed E-state index contributed by atoms with van der Waals surface area (Å²) in [6.07, 6.45) is 2.01. The first kappa shape index (κ1) is 25.8. The van der Waals surface area contributed by atoms with Crippen molar-refractivity contribution in [1.29, 1.82) is 0 Å². The van der Waals surface area contributed by atoms with Crippen LogP contribution >= 0.6 is 0 Å². The number of benzene rings is 3. The highest BCUT2D eigenvalue weighted by molar-refractivity contribution is 6.14. The summed E-state index contributed by atoms with van der Waals surface area (Å²) in [6, 6.07) is 21.3. The van der Waals surface area contributed by atoms with E-state index in [1.807, 2.05) is 80.6 Å². The van der Waals surface area contributed by atoms with Crippen LogP contribution in [0.3, 0.4) is 0 Å². The molecule has 6 nitrogen and oxygen atoms in total. The van der Waals surface area contributed by atoms with Crippen LogP contribution in [-0.4, -0.2) is 34.7 Å². The monoisotopic (exact) mass is 475 g/mol. The van der Waals surface area contributed by atoms with E-state index < -0.39 is 5.97 Å². The first-order valence-corrected chi connectivity index (χ1v) is 11.9. The smallest absolute Gasteiger partial charge is 0.303 e. The molecule has 0 saturated carbocycles. The van der Waals surface area contributed by atoms with E-state index in [1.165, 1.54) is 0 Å². The molecule has 0 aliphatic carbocycles. The van der Waals surface area contributed by atoms with Crippen molar-refractivity contribution in [2.45, 2.75) is 52.6 Å². The van der Waals surface area contributed by atoms with Crippen LogP contribution < -0.4 is 9.47 Å². The molecule has 35 heavy (non-hydrogen) atoms. The van der Waals surface area contributed by atoms with Crippen molar-refractivity contribution in [3.8, 4) is 11.5 Å². The number of hydrogen-bond acceptors (Lipinski definition) is 5. The Bertz CT molecular complexity index is 1160. The highest BCUT2D eigenvalue weighted by Gasteiger charge is 2.17. The number of aliphatic carboxylic acids is 1. The van der Waals surface area contributed by atoms with Crippen LogP contribution in [-0.2, 0) is 17.6 Å². The van der Waals surface area contributed by atoms with E-state index >= 15 is 0 Å². The van der Waals surface area contributed by atoms with Crippen molar-refractivity contribution in [3.63, 3.8) is 0 Å². The zero-order valence-corrected chi connectivity index (χ0v) is 20.5. The lowest BCUT2D eigenvalue weighted by Gasteiger charge is -2.19. The van der Waals surface area contributed by atoms with Gasteiger partial charge >= 0.3 is 5.97 Å². The van der Waals surface area contributed by atoms with Crippen LogP contribution in [0.25, 0.3) is 0 Å². The van der Waals surface area contributed by atoms with Crippen molar-refractivity contribution in [3.05, 3.63) is 94.5 Å². The first-order valence-electron chi connectivity index (χ1n) is 11.9. The minimum Gasteiger partial charge on any atom is -0.493 e. The molecule has 0 spiro atoms. The Morgan fingerprint density at radius 2 is 1.83 bits per heavy atom. The predicted octanol–water partition coefficient (Wildman–Crippen LogP) is 6.04. The molecule has 0 amide bonds. The van der Waals surface area contributed by atoms with Crippen LogP contribution in [0.4, 0.5) is 0 Å². The number of rotatable bonds is 12. The van der Waals surface area contributed by atoms with Gasteiger partial charge in [0.15, 0.2) is 0 Å². The average Bonchev–Trinajstić information content (AvgIpc) is 2.85. The third-order valence-electron chi connectivity index (χ3n) is 5.90. The summed E-state index contributed by atoms with van der Waals surface area (Å²) in [7, 11) is 0. The van der Waals surface area contributed by atoms with Gasteiger partial charge in [-0.25, -0.2) is 0 Å². The van der Waals surface area contributed by atoms with Gasteiger partial charge in [0.05, 0.1) is 12.7 Å². The molecule has 184 valence electrons. The molecule has 3 aromatic carbocycles. The van der Waals surface area contributed by atoms with Crippen molar-refractivity contribution in [2.24, 2.45) is 5.16 Å². The van der Waals surface area contributed by atoms with E-state index in [2.05, 4.69) is 12.1 Å². The third-order valence-corrected chi connectivity index (χ3v) is 5.90. The van der Waals surface area contributed by atoms with Crippen LogP contribution in [0.5, 0.6) is 11.5 Å². The Kier molecular flexibility index (Phi) is 9.30. The second kappa shape index (κ2) is 12.6. The Hall–Kier alpha value is -3.80. The fraction of sp³-hybridized carbons (Fsp3) is 0.310. The van der Waals surface area contributed by atoms with Crippen LogP contribution in [0.15, 0.2) is 71.9 Å². The molecule has 0 heterocycles. The molecule has 1 atom stereocenters. The molecule has 0 aromatic heterocycles. The molecule has 2 N–H and O–H groups in total. The minimum absolute atomic E-state index is 0.115. The number of carbonyl (C=O) groups is 1. The third kappa shape index (κ3) is 7.34. The lowest BCUT2D eigenvalue weighted by Crippen LogP contribution is -2.18. The Labute approximate surface area is 206 Å².